The van der Waals surface area contributed by atoms with Crippen LogP contribution in [-0.2, 0) is 14.4 Å². The third kappa shape index (κ3) is 3.78. The van der Waals surface area contributed by atoms with E-state index in [2.05, 4.69) is 20.9 Å². The molecule has 3 N–H and O–H groups in total. The van der Waals surface area contributed by atoms with Crippen LogP contribution in [0.4, 0.5) is 10.5 Å². The number of fused-ring (bicyclic) bond motifs is 1. The molecule has 9 nitrogen and oxygen atoms in total. The van der Waals surface area contributed by atoms with Crippen LogP contribution in [0.15, 0.2) is 29.6 Å². The summed E-state index contributed by atoms with van der Waals surface area (Å²) in [5.74, 6) is -0.720. The Balaban J connectivity index is 1.25. The van der Waals surface area contributed by atoms with Gasteiger partial charge >= 0.3 is 6.03 Å². The lowest BCUT2D eigenvalue weighted by Gasteiger charge is -2.27. The van der Waals surface area contributed by atoms with E-state index in [0.29, 0.717) is 18.0 Å². The number of piperidine rings is 1. The Bertz CT molecular complexity index is 1080. The summed E-state index contributed by atoms with van der Waals surface area (Å²) in [6, 6.07) is 5.43. The highest BCUT2D eigenvalue weighted by Crippen LogP contribution is 2.48. The van der Waals surface area contributed by atoms with Crippen molar-refractivity contribution >= 4 is 40.8 Å². The molecule has 0 spiro atoms. The maximum absolute atomic E-state index is 12.9. The predicted molar refractivity (Wildman–Crippen MR) is 113 cm³/mol. The average Bonchev–Trinajstić information content (AvgIpc) is 3.04. The number of likely N-dealkylation sites (tertiary alicyclic amines) is 1. The quantitative estimate of drug-likeness (QED) is 0.612. The fourth-order valence-electron chi connectivity index (χ4n) is 4.38. The van der Waals surface area contributed by atoms with Crippen LogP contribution in [0.1, 0.15) is 24.3 Å². The van der Waals surface area contributed by atoms with Gasteiger partial charge in [0.25, 0.3) is 5.91 Å². The van der Waals surface area contributed by atoms with Crippen LogP contribution in [0.5, 0.6) is 0 Å². The van der Waals surface area contributed by atoms with Crippen LogP contribution in [0, 0.1) is 12.8 Å². The lowest BCUT2D eigenvalue weighted by Crippen LogP contribution is -2.47. The number of imide groups is 1. The molecule has 0 bridgehead atoms. The van der Waals surface area contributed by atoms with Gasteiger partial charge in [0.15, 0.2) is 0 Å². The summed E-state index contributed by atoms with van der Waals surface area (Å²) < 4.78 is 0. The van der Waals surface area contributed by atoms with Gasteiger partial charge in [0, 0.05) is 22.7 Å². The lowest BCUT2D eigenvalue weighted by atomic mass is 10.1. The lowest BCUT2D eigenvalue weighted by molar-refractivity contribution is -0.139. The fraction of sp³-hybridized carbons (Fsp3) is 0.381. The fourth-order valence-corrected chi connectivity index (χ4v) is 5.00. The zero-order valence-corrected chi connectivity index (χ0v) is 17.6. The van der Waals surface area contributed by atoms with Crippen molar-refractivity contribution in [3.8, 4) is 11.3 Å². The molecule has 0 radical (unpaired) electrons. The second kappa shape index (κ2) is 7.45. The Morgan fingerprint density at radius 2 is 2.00 bits per heavy atom. The van der Waals surface area contributed by atoms with Crippen molar-refractivity contribution in [1.29, 1.82) is 0 Å². The molecule has 3 fully saturated rings. The number of thiazole rings is 1. The number of urea groups is 1. The van der Waals surface area contributed by atoms with Crippen molar-refractivity contribution < 1.29 is 19.2 Å². The molecule has 5 rings (SSSR count). The number of aromatic nitrogens is 1. The first-order valence-electron chi connectivity index (χ1n) is 10.1. The minimum absolute atomic E-state index is 0.0405. The second-order valence-electron chi connectivity index (χ2n) is 8.15. The normalized spacial score (nSPS) is 26.3. The Hall–Kier alpha value is -3.27. The highest BCUT2D eigenvalue weighted by molar-refractivity contribution is 7.09. The molecule has 3 aliphatic rings. The molecule has 2 aliphatic heterocycles. The van der Waals surface area contributed by atoms with E-state index in [1.54, 1.807) is 16.2 Å². The summed E-state index contributed by atoms with van der Waals surface area (Å²) in [6.07, 6.45) is 1.34. The first-order valence-corrected chi connectivity index (χ1v) is 11.0. The number of carbonyl (C=O) groups is 4. The topological polar surface area (TPSA) is 120 Å². The number of nitrogens with zero attached hydrogens (tertiary/aromatic N) is 2. The predicted octanol–water partition coefficient (Wildman–Crippen LogP) is 1.64. The van der Waals surface area contributed by atoms with Crippen molar-refractivity contribution in [1.82, 2.24) is 20.5 Å². The van der Waals surface area contributed by atoms with Crippen molar-refractivity contribution in [2.24, 2.45) is 5.92 Å². The third-order valence-electron chi connectivity index (χ3n) is 6.00. The van der Waals surface area contributed by atoms with Crippen molar-refractivity contribution in [2.75, 3.05) is 5.32 Å². The Labute approximate surface area is 182 Å². The van der Waals surface area contributed by atoms with Crippen LogP contribution < -0.4 is 16.0 Å². The molecule has 4 atom stereocenters. The molecule has 160 valence electrons. The third-order valence-corrected chi connectivity index (χ3v) is 6.77. The van der Waals surface area contributed by atoms with E-state index >= 15 is 0 Å². The van der Waals surface area contributed by atoms with Gasteiger partial charge in [-0.15, -0.1) is 11.3 Å². The number of aryl methyl sites for hydroxylation is 1. The number of anilines is 1. The largest absolute Gasteiger partial charge is 0.327 e. The van der Waals surface area contributed by atoms with Gasteiger partial charge in [-0.3, -0.25) is 19.7 Å². The monoisotopic (exact) mass is 439 g/mol. The smallest absolute Gasteiger partial charge is 0.322 e. The minimum Gasteiger partial charge on any atom is -0.327 e. The zero-order chi connectivity index (χ0) is 21.7. The molecule has 1 aliphatic carbocycles. The van der Waals surface area contributed by atoms with Gasteiger partial charge in [0.05, 0.1) is 17.1 Å². The number of rotatable bonds is 5. The second-order valence-corrected chi connectivity index (χ2v) is 9.22. The molecule has 5 amide bonds. The van der Waals surface area contributed by atoms with Gasteiger partial charge in [0.1, 0.15) is 12.1 Å². The summed E-state index contributed by atoms with van der Waals surface area (Å²) >= 11 is 1.58. The van der Waals surface area contributed by atoms with E-state index in [-0.39, 0.29) is 24.3 Å². The van der Waals surface area contributed by atoms with E-state index in [0.717, 1.165) is 22.7 Å². The maximum Gasteiger partial charge on any atom is 0.322 e. The highest BCUT2D eigenvalue weighted by atomic mass is 32.1. The number of hydrogen-bond acceptors (Lipinski definition) is 6. The van der Waals surface area contributed by atoms with Gasteiger partial charge in [-0.05, 0) is 37.8 Å². The molecule has 10 heteroatoms. The van der Waals surface area contributed by atoms with Gasteiger partial charge in [-0.25, -0.2) is 9.78 Å². The molecular weight excluding hydrogens is 418 g/mol. The first kappa shape index (κ1) is 19.7. The summed E-state index contributed by atoms with van der Waals surface area (Å²) in [7, 11) is 0. The van der Waals surface area contributed by atoms with Gasteiger partial charge in [-0.2, -0.15) is 0 Å². The van der Waals surface area contributed by atoms with E-state index in [1.807, 2.05) is 36.6 Å². The summed E-state index contributed by atoms with van der Waals surface area (Å²) in [6.45, 7) is 1.95. The van der Waals surface area contributed by atoms with Crippen LogP contribution in [0.25, 0.3) is 11.3 Å². The van der Waals surface area contributed by atoms with Crippen molar-refractivity contribution in [2.45, 2.75) is 44.3 Å². The van der Waals surface area contributed by atoms with Crippen LogP contribution in [0.2, 0.25) is 0 Å². The standard InChI is InChI=1S/C21H21N5O4S/c1-10-22-15(9-31-10)11-2-4-13(5-3-11)23-20(29)17-7-12-6-16(12)26(17)18(27)8-14-19(28)25-21(30)24-14/h2-5,9,12,14,16-17H,6-8H2,1H3,(H,23,29)(H2,24,25,28,30)/t12-,14?,16-,17-/m0/s1. The molecule has 1 saturated carbocycles. The van der Waals surface area contributed by atoms with E-state index in [4.69, 9.17) is 0 Å². The highest BCUT2D eigenvalue weighted by Gasteiger charge is 2.56. The molecule has 3 heterocycles. The minimum atomic E-state index is -0.886. The maximum atomic E-state index is 12.9. The number of benzene rings is 1. The Morgan fingerprint density at radius 3 is 2.65 bits per heavy atom. The molecule has 2 saturated heterocycles. The van der Waals surface area contributed by atoms with E-state index < -0.39 is 24.0 Å². The van der Waals surface area contributed by atoms with Gasteiger partial charge in [0.2, 0.25) is 11.8 Å². The number of nitrogens with one attached hydrogen (secondary N) is 3. The van der Waals surface area contributed by atoms with E-state index in [1.165, 1.54) is 0 Å². The molecule has 1 unspecified atom stereocenters. The average molecular weight is 439 g/mol. The van der Waals surface area contributed by atoms with Crippen LogP contribution in [-0.4, -0.2) is 51.8 Å². The summed E-state index contributed by atoms with van der Waals surface area (Å²) in [5, 5.41) is 10.5. The van der Waals surface area contributed by atoms with Gasteiger partial charge < -0.3 is 15.5 Å². The van der Waals surface area contributed by atoms with Crippen molar-refractivity contribution in [3.63, 3.8) is 0 Å². The number of hydrogen-bond donors (Lipinski definition) is 3. The molecule has 31 heavy (non-hydrogen) atoms. The van der Waals surface area contributed by atoms with Crippen LogP contribution in [0.3, 0.4) is 0 Å². The van der Waals surface area contributed by atoms with Gasteiger partial charge in [-0.1, -0.05) is 12.1 Å². The summed E-state index contributed by atoms with van der Waals surface area (Å²) in [5.41, 5.74) is 2.52. The molecule has 1 aromatic heterocycles. The first-order chi connectivity index (χ1) is 14.9. The number of amides is 5. The molecular formula is C21H21N5O4S. The SMILES string of the molecule is Cc1nc(-c2ccc(NC(=O)[C@@H]3C[C@@H]4C[C@@H]4N3C(=O)CC3NC(=O)NC3=O)cc2)cs1. The zero-order valence-electron chi connectivity index (χ0n) is 16.8. The Kier molecular flexibility index (Phi) is 4.73. The van der Waals surface area contributed by atoms with Crippen molar-refractivity contribution in [3.05, 3.63) is 34.7 Å². The molecule has 1 aromatic carbocycles. The molecule has 2 aromatic rings. The number of carbonyl (C=O) groups excluding carboxylic acids is 4. The van der Waals surface area contributed by atoms with E-state index in [9.17, 15) is 19.2 Å². The summed E-state index contributed by atoms with van der Waals surface area (Å²) in [4.78, 5) is 54.9. The Morgan fingerprint density at radius 1 is 1.23 bits per heavy atom. The van der Waals surface area contributed by atoms with Crippen LogP contribution >= 0.6 is 11.3 Å².